The van der Waals surface area contributed by atoms with Crippen LogP contribution in [0.25, 0.3) is 11.1 Å². The first-order valence-electron chi connectivity index (χ1n) is 10.0. The zero-order valence-corrected chi connectivity index (χ0v) is 17.4. The monoisotopic (exact) mass is 402 g/mol. The molecule has 0 bridgehead atoms. The smallest absolute Gasteiger partial charge is 0.248 e. The van der Waals surface area contributed by atoms with Gasteiger partial charge in [-0.2, -0.15) is 0 Å². The van der Waals surface area contributed by atoms with Crippen LogP contribution in [0.15, 0.2) is 42.5 Å². The first kappa shape index (κ1) is 22.3. The molecule has 1 amide bonds. The van der Waals surface area contributed by atoms with Crippen molar-refractivity contribution >= 4 is 18.3 Å². The molecule has 4 nitrogen and oxygen atoms in total. The van der Waals surface area contributed by atoms with Gasteiger partial charge in [-0.05, 0) is 60.7 Å². The fraction of sp³-hybridized carbons (Fsp3) is 0.435. The molecule has 2 aromatic carbocycles. The van der Waals surface area contributed by atoms with Crippen molar-refractivity contribution in [3.8, 4) is 16.9 Å². The second-order valence-corrected chi connectivity index (χ2v) is 7.41. The number of ether oxygens (including phenoxy) is 1. The minimum atomic E-state index is -0.400. The normalized spacial score (nSPS) is 14.8. The zero-order valence-electron chi connectivity index (χ0n) is 16.6. The summed E-state index contributed by atoms with van der Waals surface area (Å²) in [5.74, 6) is 0.469. The highest BCUT2D eigenvalue weighted by atomic mass is 35.5. The molecule has 1 fully saturated rings. The number of benzene rings is 2. The third-order valence-corrected chi connectivity index (χ3v) is 5.31. The van der Waals surface area contributed by atoms with Gasteiger partial charge in [0.05, 0.1) is 0 Å². The van der Waals surface area contributed by atoms with Crippen molar-refractivity contribution in [2.45, 2.75) is 51.5 Å². The van der Waals surface area contributed by atoms with Crippen molar-refractivity contribution < 1.29 is 9.53 Å². The van der Waals surface area contributed by atoms with Gasteiger partial charge < -0.3 is 15.8 Å². The van der Waals surface area contributed by atoms with Crippen LogP contribution in [0.4, 0.5) is 0 Å². The molecule has 0 radical (unpaired) electrons. The Kier molecular flexibility index (Phi) is 8.81. The van der Waals surface area contributed by atoms with Crippen LogP contribution in [0.2, 0.25) is 0 Å². The summed E-state index contributed by atoms with van der Waals surface area (Å²) >= 11 is 0. The van der Waals surface area contributed by atoms with Crippen molar-refractivity contribution in [1.82, 2.24) is 5.32 Å². The Bertz CT molecular complexity index is 771. The second-order valence-electron chi connectivity index (χ2n) is 7.41. The lowest BCUT2D eigenvalue weighted by Crippen LogP contribution is -2.32. The third kappa shape index (κ3) is 6.25. The van der Waals surface area contributed by atoms with Gasteiger partial charge in [-0.25, -0.2) is 0 Å². The summed E-state index contributed by atoms with van der Waals surface area (Å²) in [5, 5.41) is 3.64. The maximum Gasteiger partial charge on any atom is 0.248 e. The summed E-state index contributed by atoms with van der Waals surface area (Å²) in [6, 6.07) is 14.3. The number of carbonyl (C=O) groups is 1. The fourth-order valence-electron chi connectivity index (χ4n) is 3.81. The fourth-order valence-corrected chi connectivity index (χ4v) is 3.81. The quantitative estimate of drug-likeness (QED) is 0.512. The van der Waals surface area contributed by atoms with Gasteiger partial charge in [0.25, 0.3) is 0 Å². The van der Waals surface area contributed by atoms with Crippen molar-refractivity contribution in [3.63, 3.8) is 0 Å². The number of nitrogens with two attached hydrogens (primary N) is 1. The minimum absolute atomic E-state index is 0. The Morgan fingerprint density at radius 2 is 1.86 bits per heavy atom. The number of primary amides is 1. The molecule has 0 aromatic heterocycles. The first-order chi connectivity index (χ1) is 13.1. The molecule has 3 N–H and O–H groups in total. The standard InChI is InChI=1S/C23H30N2O2.ClH/c1-17-15-19(23(24)26)11-12-22(17)18-7-6-10-21(16-18)27-14-13-25-20-8-4-2-3-5-9-20;/h6-7,10-12,15-16,20,25H,2-5,8-9,13-14H2,1H3,(H2,24,26);1H. The van der Waals surface area contributed by atoms with Crippen LogP contribution in [0.3, 0.4) is 0 Å². The van der Waals surface area contributed by atoms with Gasteiger partial charge in [-0.15, -0.1) is 12.4 Å². The van der Waals surface area contributed by atoms with E-state index in [0.717, 1.165) is 29.0 Å². The van der Waals surface area contributed by atoms with E-state index in [9.17, 15) is 4.79 Å². The largest absolute Gasteiger partial charge is 0.492 e. The summed E-state index contributed by atoms with van der Waals surface area (Å²) in [6.07, 6.45) is 8.01. The highest BCUT2D eigenvalue weighted by molar-refractivity contribution is 5.93. The summed E-state index contributed by atoms with van der Waals surface area (Å²) in [4.78, 5) is 11.3. The summed E-state index contributed by atoms with van der Waals surface area (Å²) in [5.41, 5.74) is 9.09. The number of carbonyl (C=O) groups excluding carboxylic acids is 1. The van der Waals surface area contributed by atoms with Crippen molar-refractivity contribution in [3.05, 3.63) is 53.6 Å². The Morgan fingerprint density at radius 1 is 1.11 bits per heavy atom. The highest BCUT2D eigenvalue weighted by Crippen LogP contribution is 2.27. The maximum absolute atomic E-state index is 11.3. The molecule has 3 rings (SSSR count). The van der Waals surface area contributed by atoms with Gasteiger partial charge in [0.15, 0.2) is 0 Å². The zero-order chi connectivity index (χ0) is 19.1. The molecule has 1 aliphatic rings. The number of hydrogen-bond acceptors (Lipinski definition) is 3. The van der Waals surface area contributed by atoms with Crippen molar-refractivity contribution in [1.29, 1.82) is 0 Å². The molecular formula is C23H31ClN2O2. The molecule has 0 unspecified atom stereocenters. The molecule has 0 saturated heterocycles. The molecule has 0 spiro atoms. The van der Waals surface area contributed by atoms with Gasteiger partial charge in [-0.1, -0.05) is 43.9 Å². The average Bonchev–Trinajstić information content (AvgIpc) is 2.94. The number of amides is 1. The highest BCUT2D eigenvalue weighted by Gasteiger charge is 2.11. The number of nitrogens with one attached hydrogen (secondary N) is 1. The van der Waals surface area contributed by atoms with Gasteiger partial charge >= 0.3 is 0 Å². The van der Waals surface area contributed by atoms with Crippen LogP contribution in [0.5, 0.6) is 5.75 Å². The lowest BCUT2D eigenvalue weighted by Gasteiger charge is -2.16. The molecule has 5 heteroatoms. The van der Waals surface area contributed by atoms with Gasteiger partial charge in [0, 0.05) is 18.2 Å². The first-order valence-corrected chi connectivity index (χ1v) is 10.0. The van der Waals surface area contributed by atoms with Gasteiger partial charge in [0.2, 0.25) is 5.91 Å². The summed E-state index contributed by atoms with van der Waals surface area (Å²) in [6.45, 7) is 3.53. The molecule has 28 heavy (non-hydrogen) atoms. The Balaban J connectivity index is 0.00000280. The maximum atomic E-state index is 11.3. The number of hydrogen-bond donors (Lipinski definition) is 2. The van der Waals surface area contributed by atoms with Crippen LogP contribution < -0.4 is 15.8 Å². The molecule has 0 atom stereocenters. The van der Waals surface area contributed by atoms with E-state index in [2.05, 4.69) is 17.4 Å². The van der Waals surface area contributed by atoms with Gasteiger partial charge in [-0.3, -0.25) is 4.79 Å². The summed E-state index contributed by atoms with van der Waals surface area (Å²) in [7, 11) is 0. The Morgan fingerprint density at radius 3 is 2.54 bits per heavy atom. The Labute approximate surface area is 174 Å². The molecule has 2 aromatic rings. The number of aryl methyl sites for hydroxylation is 1. The topological polar surface area (TPSA) is 64.4 Å². The van der Waals surface area contributed by atoms with E-state index in [0.29, 0.717) is 18.2 Å². The summed E-state index contributed by atoms with van der Waals surface area (Å²) < 4.78 is 5.96. The average molecular weight is 403 g/mol. The van der Waals surface area contributed by atoms with Crippen LogP contribution in [-0.2, 0) is 0 Å². The Hall–Kier alpha value is -2.04. The molecule has 1 saturated carbocycles. The minimum Gasteiger partial charge on any atom is -0.492 e. The van der Waals surface area contributed by atoms with Crippen LogP contribution in [-0.4, -0.2) is 25.1 Å². The molecule has 152 valence electrons. The van der Waals surface area contributed by atoms with E-state index in [1.165, 1.54) is 38.5 Å². The van der Waals surface area contributed by atoms with E-state index >= 15 is 0 Å². The van der Waals surface area contributed by atoms with E-state index in [4.69, 9.17) is 10.5 Å². The van der Waals surface area contributed by atoms with E-state index < -0.39 is 5.91 Å². The van der Waals surface area contributed by atoms with Crippen molar-refractivity contribution in [2.75, 3.05) is 13.2 Å². The molecule has 0 heterocycles. The third-order valence-electron chi connectivity index (χ3n) is 5.31. The van der Waals surface area contributed by atoms with Gasteiger partial charge in [0.1, 0.15) is 12.4 Å². The van der Waals surface area contributed by atoms with Crippen LogP contribution >= 0.6 is 12.4 Å². The van der Waals surface area contributed by atoms with Crippen LogP contribution in [0.1, 0.15) is 54.4 Å². The van der Waals surface area contributed by atoms with Crippen molar-refractivity contribution in [2.24, 2.45) is 5.73 Å². The predicted octanol–water partition coefficient (Wildman–Crippen LogP) is 4.87. The molecular weight excluding hydrogens is 372 g/mol. The van der Waals surface area contributed by atoms with E-state index in [1.54, 1.807) is 6.07 Å². The van der Waals surface area contributed by atoms with Crippen LogP contribution in [0, 0.1) is 6.92 Å². The van der Waals surface area contributed by atoms with E-state index in [1.807, 2.05) is 31.2 Å². The lowest BCUT2D eigenvalue weighted by molar-refractivity contribution is 0.1000. The number of rotatable bonds is 7. The molecule has 0 aliphatic heterocycles. The SMILES string of the molecule is Cc1cc(C(N)=O)ccc1-c1cccc(OCCNC2CCCCCC2)c1.Cl. The van der Waals surface area contributed by atoms with E-state index in [-0.39, 0.29) is 12.4 Å². The lowest BCUT2D eigenvalue weighted by atomic mass is 9.98. The molecule has 1 aliphatic carbocycles. The predicted molar refractivity (Wildman–Crippen MR) is 117 cm³/mol. The number of halogens is 1. The second kappa shape index (κ2) is 11.1.